The van der Waals surface area contributed by atoms with Crippen molar-refractivity contribution in [3.63, 3.8) is 0 Å². The summed E-state index contributed by atoms with van der Waals surface area (Å²) >= 11 is 5.77. The Balaban J connectivity index is 2.25. The molecule has 118 valence electrons. The Bertz CT molecular complexity index is 626. The van der Waals surface area contributed by atoms with Crippen LogP contribution in [-0.2, 0) is 21.4 Å². The van der Waals surface area contributed by atoms with E-state index in [-0.39, 0.29) is 17.1 Å². The van der Waals surface area contributed by atoms with Gasteiger partial charge in [-0.3, -0.25) is 0 Å². The average Bonchev–Trinajstić information content (AvgIpc) is 2.40. The van der Waals surface area contributed by atoms with Gasteiger partial charge in [-0.05, 0) is 31.4 Å². The number of ether oxygens (including phenoxy) is 1. The van der Waals surface area contributed by atoms with Gasteiger partial charge in [0.05, 0.1) is 12.2 Å². The molecule has 2 rings (SSSR count). The number of aliphatic hydroxyl groups excluding tert-OH is 1. The number of methoxy groups -OCH3 is 1. The lowest BCUT2D eigenvalue weighted by Gasteiger charge is -2.40. The van der Waals surface area contributed by atoms with Gasteiger partial charge in [0.2, 0.25) is 10.0 Å². The number of nitrogens with one attached hydrogen (secondary N) is 1. The zero-order valence-corrected chi connectivity index (χ0v) is 13.1. The van der Waals surface area contributed by atoms with Crippen molar-refractivity contribution in [2.45, 2.75) is 36.4 Å². The van der Waals surface area contributed by atoms with Crippen molar-refractivity contribution >= 4 is 21.6 Å². The highest BCUT2D eigenvalue weighted by Gasteiger charge is 2.38. The van der Waals surface area contributed by atoms with Crippen LogP contribution in [0.4, 0.5) is 4.39 Å². The first kappa shape index (κ1) is 16.6. The summed E-state index contributed by atoms with van der Waals surface area (Å²) in [6.07, 6.45) is 2.48. The molecule has 0 radical (unpaired) electrons. The maximum atomic E-state index is 14.1. The molecule has 0 bridgehead atoms. The third-order valence-electron chi connectivity index (χ3n) is 3.82. The van der Waals surface area contributed by atoms with Gasteiger partial charge in [0.15, 0.2) is 0 Å². The lowest BCUT2D eigenvalue weighted by atomic mass is 9.80. The highest BCUT2D eigenvalue weighted by molar-refractivity contribution is 7.89. The molecule has 0 aromatic heterocycles. The van der Waals surface area contributed by atoms with Gasteiger partial charge in [-0.25, -0.2) is 17.5 Å². The Morgan fingerprint density at radius 3 is 2.62 bits per heavy atom. The van der Waals surface area contributed by atoms with Crippen molar-refractivity contribution in [2.75, 3.05) is 13.7 Å². The molecule has 0 atom stereocenters. The molecular formula is C13H17ClFNO4S. The molecular weight excluding hydrogens is 321 g/mol. The summed E-state index contributed by atoms with van der Waals surface area (Å²) in [5.74, 6) is -0.991. The molecule has 0 saturated heterocycles. The maximum absolute atomic E-state index is 14.1. The normalized spacial score (nSPS) is 17.5. The van der Waals surface area contributed by atoms with Crippen LogP contribution in [0.1, 0.15) is 24.8 Å². The van der Waals surface area contributed by atoms with Gasteiger partial charge in [-0.1, -0.05) is 11.6 Å². The van der Waals surface area contributed by atoms with Crippen LogP contribution in [0.5, 0.6) is 0 Å². The Morgan fingerprint density at radius 2 is 2.14 bits per heavy atom. The molecule has 1 aromatic carbocycles. The quantitative estimate of drug-likeness (QED) is 0.830. The minimum atomic E-state index is -4.07. The first-order valence-corrected chi connectivity index (χ1v) is 8.33. The molecule has 0 unspecified atom stereocenters. The summed E-state index contributed by atoms with van der Waals surface area (Å²) in [5, 5.41) is 9.09. The van der Waals surface area contributed by atoms with Crippen molar-refractivity contribution in [3.05, 3.63) is 28.5 Å². The molecule has 1 aliphatic rings. The largest absolute Gasteiger partial charge is 0.392 e. The standard InChI is InChI=1S/C13H17ClFNO4S/c1-20-13(3-2-4-13)8-16-21(18,19)11-6-10(14)5-9(7-17)12(11)15/h5-6,16-17H,2-4,7-8H2,1H3. The van der Waals surface area contributed by atoms with E-state index in [0.29, 0.717) is 0 Å². The van der Waals surface area contributed by atoms with E-state index in [1.807, 2.05) is 0 Å². The molecule has 2 N–H and O–H groups in total. The molecule has 1 aliphatic carbocycles. The first-order valence-electron chi connectivity index (χ1n) is 6.47. The van der Waals surface area contributed by atoms with Crippen LogP contribution in [0.2, 0.25) is 5.02 Å². The second-order valence-corrected chi connectivity index (χ2v) is 7.27. The summed E-state index contributed by atoms with van der Waals surface area (Å²) in [5.41, 5.74) is -0.671. The van der Waals surface area contributed by atoms with Crippen molar-refractivity contribution in [1.29, 1.82) is 0 Å². The Morgan fingerprint density at radius 1 is 1.48 bits per heavy atom. The second-order valence-electron chi connectivity index (χ2n) is 5.10. The van der Waals surface area contributed by atoms with E-state index < -0.39 is 32.9 Å². The minimum Gasteiger partial charge on any atom is -0.392 e. The third-order valence-corrected chi connectivity index (χ3v) is 5.44. The summed E-state index contributed by atoms with van der Waals surface area (Å²) in [7, 11) is -2.54. The average molecular weight is 338 g/mol. The lowest BCUT2D eigenvalue weighted by Crippen LogP contribution is -2.49. The number of halogens is 2. The van der Waals surface area contributed by atoms with Crippen molar-refractivity contribution in [3.8, 4) is 0 Å². The van der Waals surface area contributed by atoms with Gasteiger partial charge in [0.25, 0.3) is 0 Å². The molecule has 1 saturated carbocycles. The van der Waals surface area contributed by atoms with Crippen molar-refractivity contribution in [1.82, 2.24) is 4.72 Å². The summed E-state index contributed by atoms with van der Waals surface area (Å²) in [6, 6.07) is 2.22. The Kier molecular flexibility index (Phi) is 4.89. The summed E-state index contributed by atoms with van der Waals surface area (Å²) < 4.78 is 46.2. The van der Waals surface area contributed by atoms with Gasteiger partial charge < -0.3 is 9.84 Å². The van der Waals surface area contributed by atoms with Gasteiger partial charge in [-0.2, -0.15) is 0 Å². The van der Waals surface area contributed by atoms with Crippen LogP contribution in [0, 0.1) is 5.82 Å². The summed E-state index contributed by atoms with van der Waals surface area (Å²) in [6.45, 7) is -0.552. The van der Waals surface area contributed by atoms with Gasteiger partial charge in [-0.15, -0.1) is 0 Å². The molecule has 1 fully saturated rings. The summed E-state index contributed by atoms with van der Waals surface area (Å²) in [4.78, 5) is -0.565. The van der Waals surface area contributed by atoms with E-state index in [4.69, 9.17) is 21.4 Å². The molecule has 1 aromatic rings. The minimum absolute atomic E-state index is 0.0472. The first-order chi connectivity index (χ1) is 9.83. The van der Waals surface area contributed by atoms with E-state index in [9.17, 15) is 12.8 Å². The predicted octanol–water partition coefficient (Wildman–Crippen LogP) is 1.82. The van der Waals surface area contributed by atoms with E-state index in [1.54, 1.807) is 0 Å². The Hall–Kier alpha value is -0.730. The van der Waals surface area contributed by atoms with Crippen LogP contribution in [-0.4, -0.2) is 32.8 Å². The number of hydrogen-bond donors (Lipinski definition) is 2. The molecule has 0 heterocycles. The van der Waals surface area contributed by atoms with Crippen molar-refractivity contribution in [2.24, 2.45) is 0 Å². The molecule has 0 spiro atoms. The van der Waals surface area contributed by atoms with E-state index in [0.717, 1.165) is 25.3 Å². The third kappa shape index (κ3) is 3.37. The fraction of sp³-hybridized carbons (Fsp3) is 0.538. The van der Waals surface area contributed by atoms with Crippen LogP contribution >= 0.6 is 11.6 Å². The van der Waals surface area contributed by atoms with E-state index >= 15 is 0 Å². The van der Waals surface area contributed by atoms with Gasteiger partial charge in [0.1, 0.15) is 10.7 Å². The number of hydrogen-bond acceptors (Lipinski definition) is 4. The number of rotatable bonds is 6. The van der Waals surface area contributed by atoms with Gasteiger partial charge in [0, 0.05) is 24.2 Å². The van der Waals surface area contributed by atoms with Crippen LogP contribution in [0.15, 0.2) is 17.0 Å². The number of sulfonamides is 1. The molecule has 5 nitrogen and oxygen atoms in total. The van der Waals surface area contributed by atoms with Crippen LogP contribution in [0.25, 0.3) is 0 Å². The van der Waals surface area contributed by atoms with Crippen LogP contribution in [0.3, 0.4) is 0 Å². The lowest BCUT2D eigenvalue weighted by molar-refractivity contribution is -0.0659. The zero-order valence-electron chi connectivity index (χ0n) is 11.5. The van der Waals surface area contributed by atoms with Gasteiger partial charge >= 0.3 is 0 Å². The molecule has 0 amide bonds. The maximum Gasteiger partial charge on any atom is 0.243 e. The van der Waals surface area contributed by atoms with E-state index in [2.05, 4.69) is 4.72 Å². The second kappa shape index (κ2) is 6.18. The highest BCUT2D eigenvalue weighted by Crippen LogP contribution is 2.34. The SMILES string of the molecule is COC1(CNS(=O)(=O)c2cc(Cl)cc(CO)c2F)CCC1. The topological polar surface area (TPSA) is 75.6 Å². The van der Waals surface area contributed by atoms with Crippen molar-refractivity contribution < 1.29 is 22.7 Å². The molecule has 21 heavy (non-hydrogen) atoms. The highest BCUT2D eigenvalue weighted by atomic mass is 35.5. The molecule has 8 heteroatoms. The fourth-order valence-corrected chi connectivity index (χ4v) is 3.82. The Labute approximate surface area is 128 Å². The predicted molar refractivity (Wildman–Crippen MR) is 76.1 cm³/mol. The van der Waals surface area contributed by atoms with Crippen LogP contribution < -0.4 is 4.72 Å². The zero-order chi connectivity index (χ0) is 15.7. The fourth-order valence-electron chi connectivity index (χ4n) is 2.26. The molecule has 0 aliphatic heterocycles. The van der Waals surface area contributed by atoms with E-state index in [1.165, 1.54) is 13.2 Å². The monoisotopic (exact) mass is 337 g/mol. The number of benzene rings is 1. The smallest absolute Gasteiger partial charge is 0.243 e. The number of aliphatic hydroxyl groups is 1.